The molecular formula is C11H23N3O. The lowest BCUT2D eigenvalue weighted by Gasteiger charge is -2.34. The van der Waals surface area contributed by atoms with Gasteiger partial charge in [-0.1, -0.05) is 6.92 Å². The second-order valence-electron chi connectivity index (χ2n) is 4.51. The van der Waals surface area contributed by atoms with Gasteiger partial charge in [-0.25, -0.2) is 0 Å². The number of carbonyl (C=O) groups is 1. The third-order valence-electron chi connectivity index (χ3n) is 3.21. The van der Waals surface area contributed by atoms with Gasteiger partial charge in [0.2, 0.25) is 5.91 Å². The van der Waals surface area contributed by atoms with Crippen molar-refractivity contribution < 1.29 is 4.79 Å². The van der Waals surface area contributed by atoms with E-state index in [1.807, 2.05) is 0 Å². The van der Waals surface area contributed by atoms with Gasteiger partial charge in [0.05, 0.1) is 0 Å². The summed E-state index contributed by atoms with van der Waals surface area (Å²) in [4.78, 5) is 13.4. The van der Waals surface area contributed by atoms with E-state index in [4.69, 9.17) is 5.73 Å². The summed E-state index contributed by atoms with van der Waals surface area (Å²) >= 11 is 0. The van der Waals surface area contributed by atoms with Gasteiger partial charge < -0.3 is 16.0 Å². The van der Waals surface area contributed by atoms with Gasteiger partial charge in [-0.05, 0) is 31.8 Å². The highest BCUT2D eigenvalue weighted by atomic mass is 16.1. The summed E-state index contributed by atoms with van der Waals surface area (Å²) in [5.41, 5.74) is 5.95. The molecule has 15 heavy (non-hydrogen) atoms. The molecule has 1 amide bonds. The van der Waals surface area contributed by atoms with Crippen molar-refractivity contribution in [2.24, 2.45) is 11.7 Å². The van der Waals surface area contributed by atoms with Gasteiger partial charge in [-0.3, -0.25) is 4.79 Å². The van der Waals surface area contributed by atoms with E-state index in [-0.39, 0.29) is 5.91 Å². The zero-order valence-electron chi connectivity index (χ0n) is 9.83. The molecule has 0 aromatic heterocycles. The number of hydrogen-bond acceptors (Lipinski definition) is 3. The molecule has 1 saturated heterocycles. The summed E-state index contributed by atoms with van der Waals surface area (Å²) in [5.74, 6) is 0.718. The molecule has 0 spiro atoms. The maximum Gasteiger partial charge on any atom is 0.219 e. The molecule has 1 aliphatic heterocycles. The van der Waals surface area contributed by atoms with E-state index >= 15 is 0 Å². The van der Waals surface area contributed by atoms with Crippen molar-refractivity contribution in [3.63, 3.8) is 0 Å². The van der Waals surface area contributed by atoms with Crippen LogP contribution in [0.4, 0.5) is 0 Å². The van der Waals surface area contributed by atoms with E-state index in [0.29, 0.717) is 18.4 Å². The topological polar surface area (TPSA) is 58.4 Å². The second-order valence-corrected chi connectivity index (χ2v) is 4.51. The van der Waals surface area contributed by atoms with Crippen LogP contribution in [0, 0.1) is 5.92 Å². The Morgan fingerprint density at radius 1 is 1.60 bits per heavy atom. The zero-order chi connectivity index (χ0) is 11.3. The second kappa shape index (κ2) is 6.08. The molecule has 1 fully saturated rings. The highest BCUT2D eigenvalue weighted by Gasteiger charge is 2.22. The molecule has 4 heteroatoms. The minimum absolute atomic E-state index is 0.136. The summed E-state index contributed by atoms with van der Waals surface area (Å²) in [6.45, 7) is 5.38. The van der Waals surface area contributed by atoms with Crippen LogP contribution < -0.4 is 11.1 Å². The van der Waals surface area contributed by atoms with Crippen LogP contribution in [-0.2, 0) is 4.79 Å². The van der Waals surface area contributed by atoms with Gasteiger partial charge in [0, 0.05) is 26.1 Å². The number of rotatable bonds is 4. The summed E-state index contributed by atoms with van der Waals surface area (Å²) < 4.78 is 0. The summed E-state index contributed by atoms with van der Waals surface area (Å²) in [6.07, 6.45) is 2.66. The van der Waals surface area contributed by atoms with Crippen molar-refractivity contribution in [3.05, 3.63) is 0 Å². The van der Waals surface area contributed by atoms with Gasteiger partial charge in [-0.2, -0.15) is 0 Å². The van der Waals surface area contributed by atoms with Crippen LogP contribution in [0.3, 0.4) is 0 Å². The van der Waals surface area contributed by atoms with Gasteiger partial charge in [-0.15, -0.1) is 0 Å². The molecule has 0 radical (unpaired) electrons. The largest absolute Gasteiger partial charge is 0.359 e. The van der Waals surface area contributed by atoms with Gasteiger partial charge in [0.15, 0.2) is 0 Å². The molecule has 1 aliphatic rings. The van der Waals surface area contributed by atoms with E-state index < -0.39 is 0 Å². The van der Waals surface area contributed by atoms with Gasteiger partial charge in [0.1, 0.15) is 0 Å². The van der Waals surface area contributed by atoms with Crippen molar-refractivity contribution in [1.82, 2.24) is 10.2 Å². The lowest BCUT2D eigenvalue weighted by Crippen LogP contribution is -2.46. The minimum atomic E-state index is 0.136. The first-order valence-corrected chi connectivity index (χ1v) is 5.82. The lowest BCUT2D eigenvalue weighted by atomic mass is 9.95. The van der Waals surface area contributed by atoms with E-state index in [1.165, 1.54) is 0 Å². The van der Waals surface area contributed by atoms with Crippen LogP contribution in [0.25, 0.3) is 0 Å². The summed E-state index contributed by atoms with van der Waals surface area (Å²) in [7, 11) is 1.68. The highest BCUT2D eigenvalue weighted by Crippen LogP contribution is 2.15. The smallest absolute Gasteiger partial charge is 0.219 e. The van der Waals surface area contributed by atoms with E-state index in [9.17, 15) is 4.79 Å². The SMILES string of the molecule is CNC(=O)CCCN1CCC(N)C(C)C1. The van der Waals surface area contributed by atoms with E-state index in [1.54, 1.807) is 7.05 Å². The van der Waals surface area contributed by atoms with Gasteiger partial charge in [0.25, 0.3) is 0 Å². The number of carbonyl (C=O) groups excluding carboxylic acids is 1. The fraction of sp³-hybridized carbons (Fsp3) is 0.909. The number of amides is 1. The van der Waals surface area contributed by atoms with E-state index in [0.717, 1.165) is 32.5 Å². The Morgan fingerprint density at radius 3 is 2.93 bits per heavy atom. The molecule has 0 bridgehead atoms. The third-order valence-corrected chi connectivity index (χ3v) is 3.21. The predicted octanol–water partition coefficient (Wildman–Crippen LogP) is 0.182. The molecule has 88 valence electrons. The maximum atomic E-state index is 11.0. The minimum Gasteiger partial charge on any atom is -0.359 e. The number of hydrogen-bond donors (Lipinski definition) is 2. The van der Waals surface area contributed by atoms with Crippen LogP contribution >= 0.6 is 0 Å². The highest BCUT2D eigenvalue weighted by molar-refractivity contribution is 5.75. The lowest BCUT2D eigenvalue weighted by molar-refractivity contribution is -0.120. The molecule has 1 heterocycles. The predicted molar refractivity (Wildman–Crippen MR) is 61.5 cm³/mol. The number of nitrogens with two attached hydrogens (primary N) is 1. The number of piperidine rings is 1. The molecule has 1 rings (SSSR count). The van der Waals surface area contributed by atoms with Gasteiger partial charge >= 0.3 is 0 Å². The normalized spacial score (nSPS) is 27.7. The molecule has 2 atom stereocenters. The third kappa shape index (κ3) is 4.18. The Morgan fingerprint density at radius 2 is 2.33 bits per heavy atom. The Kier molecular flexibility index (Phi) is 5.05. The summed E-state index contributed by atoms with van der Waals surface area (Å²) in [5, 5.41) is 2.64. The number of likely N-dealkylation sites (tertiary alicyclic amines) is 1. The standard InChI is InChI=1S/C11H23N3O/c1-9-8-14(7-5-10(9)12)6-3-4-11(15)13-2/h9-10H,3-8,12H2,1-2H3,(H,13,15). The molecule has 0 aromatic rings. The fourth-order valence-corrected chi connectivity index (χ4v) is 2.04. The Hall–Kier alpha value is -0.610. The molecule has 0 saturated carbocycles. The van der Waals surface area contributed by atoms with Crippen molar-refractivity contribution in [3.8, 4) is 0 Å². The fourth-order valence-electron chi connectivity index (χ4n) is 2.04. The van der Waals surface area contributed by atoms with Crippen LogP contribution in [0.1, 0.15) is 26.2 Å². The monoisotopic (exact) mass is 213 g/mol. The van der Waals surface area contributed by atoms with Crippen LogP contribution in [-0.4, -0.2) is 43.5 Å². The average Bonchev–Trinajstić information content (AvgIpc) is 2.23. The van der Waals surface area contributed by atoms with Crippen molar-refractivity contribution in [1.29, 1.82) is 0 Å². The summed E-state index contributed by atoms with van der Waals surface area (Å²) in [6, 6.07) is 0.361. The number of nitrogens with one attached hydrogen (secondary N) is 1. The van der Waals surface area contributed by atoms with Crippen molar-refractivity contribution in [2.45, 2.75) is 32.2 Å². The average molecular weight is 213 g/mol. The zero-order valence-corrected chi connectivity index (χ0v) is 9.83. The molecule has 0 aromatic carbocycles. The molecule has 2 unspecified atom stereocenters. The first kappa shape index (κ1) is 12.5. The van der Waals surface area contributed by atoms with Crippen LogP contribution in [0.15, 0.2) is 0 Å². The quantitative estimate of drug-likeness (QED) is 0.700. The first-order valence-electron chi connectivity index (χ1n) is 5.82. The van der Waals surface area contributed by atoms with Crippen molar-refractivity contribution in [2.75, 3.05) is 26.7 Å². The van der Waals surface area contributed by atoms with E-state index in [2.05, 4.69) is 17.1 Å². The molecular weight excluding hydrogens is 190 g/mol. The number of nitrogens with zero attached hydrogens (tertiary/aromatic N) is 1. The van der Waals surface area contributed by atoms with Crippen molar-refractivity contribution >= 4 is 5.91 Å². The molecule has 0 aliphatic carbocycles. The first-order chi connectivity index (χ1) is 7.13. The molecule has 3 N–H and O–H groups in total. The Bertz CT molecular complexity index is 208. The van der Waals surface area contributed by atoms with Crippen LogP contribution in [0.5, 0.6) is 0 Å². The maximum absolute atomic E-state index is 11.0. The Labute approximate surface area is 92.2 Å². The Balaban J connectivity index is 2.14. The molecule has 4 nitrogen and oxygen atoms in total. The van der Waals surface area contributed by atoms with Crippen LogP contribution in [0.2, 0.25) is 0 Å².